The Kier molecular flexibility index (Phi) is 10.5. The van der Waals surface area contributed by atoms with Crippen LogP contribution >= 0.6 is 24.0 Å². The van der Waals surface area contributed by atoms with Crippen LogP contribution in [0.25, 0.3) is 0 Å². The molecule has 2 saturated heterocycles. The monoisotopic (exact) mass is 520 g/mol. The van der Waals surface area contributed by atoms with E-state index in [9.17, 15) is 4.79 Å². The molecule has 0 aromatic carbocycles. The van der Waals surface area contributed by atoms with E-state index in [1.165, 1.54) is 13.0 Å². The van der Waals surface area contributed by atoms with E-state index in [2.05, 4.69) is 43.8 Å². The minimum Gasteiger partial charge on any atom is -0.355 e. The number of carbonyl (C=O) groups is 1. The maximum absolute atomic E-state index is 12.4. The standard InChI is InChI=1S/C21H40N6O.HI/c1-18(2)17-25-11-15-27(16-12-25)21(22-3)23-7-8-24-9-13-26(14-10-24)20(28)19-5-4-6-19;/h18-19H,4-17H2,1-3H3,(H,22,23);1H. The van der Waals surface area contributed by atoms with E-state index in [0.29, 0.717) is 11.8 Å². The van der Waals surface area contributed by atoms with Gasteiger partial charge in [0.05, 0.1) is 0 Å². The molecule has 3 rings (SSSR count). The molecule has 0 unspecified atom stereocenters. The van der Waals surface area contributed by atoms with E-state index in [-0.39, 0.29) is 24.0 Å². The van der Waals surface area contributed by atoms with E-state index in [4.69, 9.17) is 0 Å². The van der Waals surface area contributed by atoms with Crippen molar-refractivity contribution in [2.75, 3.05) is 79.0 Å². The Balaban J connectivity index is 0.00000300. The summed E-state index contributed by atoms with van der Waals surface area (Å²) in [5.41, 5.74) is 0. The minimum absolute atomic E-state index is 0. The summed E-state index contributed by atoms with van der Waals surface area (Å²) in [5.74, 6) is 2.50. The molecule has 7 nitrogen and oxygen atoms in total. The zero-order chi connectivity index (χ0) is 19.9. The van der Waals surface area contributed by atoms with Crippen molar-refractivity contribution < 1.29 is 4.79 Å². The molecular weight excluding hydrogens is 479 g/mol. The zero-order valence-electron chi connectivity index (χ0n) is 18.6. The van der Waals surface area contributed by atoms with Gasteiger partial charge in [-0.3, -0.25) is 19.6 Å². The van der Waals surface area contributed by atoms with E-state index >= 15 is 0 Å². The minimum atomic E-state index is 0. The van der Waals surface area contributed by atoms with Gasteiger partial charge in [-0.25, -0.2) is 0 Å². The van der Waals surface area contributed by atoms with Crippen LogP contribution in [0.15, 0.2) is 4.99 Å². The second-order valence-electron chi connectivity index (χ2n) is 8.95. The Morgan fingerprint density at radius 3 is 2.07 bits per heavy atom. The lowest BCUT2D eigenvalue weighted by molar-refractivity contribution is -0.139. The van der Waals surface area contributed by atoms with E-state index in [1.54, 1.807) is 0 Å². The molecule has 2 aliphatic heterocycles. The number of aliphatic imine (C=N–C) groups is 1. The third kappa shape index (κ3) is 7.24. The van der Waals surface area contributed by atoms with Gasteiger partial charge in [0.25, 0.3) is 0 Å². The van der Waals surface area contributed by atoms with E-state index < -0.39 is 0 Å². The predicted molar refractivity (Wildman–Crippen MR) is 130 cm³/mol. The van der Waals surface area contributed by atoms with Crippen LogP contribution in [0.4, 0.5) is 0 Å². The van der Waals surface area contributed by atoms with Gasteiger partial charge in [0.2, 0.25) is 5.91 Å². The Hall–Kier alpha value is -0.610. The summed E-state index contributed by atoms with van der Waals surface area (Å²) in [7, 11) is 1.88. The number of nitrogens with zero attached hydrogens (tertiary/aromatic N) is 5. The molecule has 0 aromatic heterocycles. The molecule has 0 spiro atoms. The number of nitrogens with one attached hydrogen (secondary N) is 1. The summed E-state index contributed by atoms with van der Waals surface area (Å²) in [5, 5.41) is 3.55. The molecule has 0 radical (unpaired) electrons. The molecule has 0 atom stereocenters. The molecule has 0 bridgehead atoms. The normalized spacial score (nSPS) is 22.4. The highest BCUT2D eigenvalue weighted by molar-refractivity contribution is 14.0. The van der Waals surface area contributed by atoms with Gasteiger partial charge < -0.3 is 15.1 Å². The Morgan fingerprint density at radius 2 is 1.55 bits per heavy atom. The summed E-state index contributed by atoms with van der Waals surface area (Å²) in [4.78, 5) is 26.3. The quantitative estimate of drug-likeness (QED) is 0.326. The Bertz CT molecular complexity index is 523. The number of amides is 1. The average molecular weight is 521 g/mol. The highest BCUT2D eigenvalue weighted by atomic mass is 127. The van der Waals surface area contributed by atoms with Crippen LogP contribution in [0.1, 0.15) is 33.1 Å². The van der Waals surface area contributed by atoms with Crippen LogP contribution in [0.5, 0.6) is 0 Å². The second kappa shape index (κ2) is 12.3. The molecule has 0 aromatic rings. The van der Waals surface area contributed by atoms with Gasteiger partial charge in [0, 0.05) is 85.0 Å². The highest BCUT2D eigenvalue weighted by Gasteiger charge is 2.31. The van der Waals surface area contributed by atoms with Crippen LogP contribution < -0.4 is 5.32 Å². The SMILES string of the molecule is CN=C(NCCN1CCN(C(=O)C2CCC2)CC1)N1CCN(CC(C)C)CC1.I. The van der Waals surface area contributed by atoms with Crippen molar-refractivity contribution in [1.29, 1.82) is 0 Å². The summed E-state index contributed by atoms with van der Waals surface area (Å²) in [6.45, 7) is 15.8. The van der Waals surface area contributed by atoms with E-state index in [0.717, 1.165) is 90.2 Å². The lowest BCUT2D eigenvalue weighted by Crippen LogP contribution is -2.55. The maximum Gasteiger partial charge on any atom is 0.225 e. The third-order valence-corrected chi connectivity index (χ3v) is 6.36. The number of guanidine groups is 1. The first-order valence-electron chi connectivity index (χ1n) is 11.3. The fourth-order valence-electron chi connectivity index (χ4n) is 4.42. The average Bonchev–Trinajstić information content (AvgIpc) is 2.65. The number of hydrogen-bond donors (Lipinski definition) is 1. The van der Waals surface area contributed by atoms with Crippen LogP contribution in [0.2, 0.25) is 0 Å². The summed E-state index contributed by atoms with van der Waals surface area (Å²) >= 11 is 0. The van der Waals surface area contributed by atoms with Gasteiger partial charge in [-0.15, -0.1) is 24.0 Å². The largest absolute Gasteiger partial charge is 0.355 e. The van der Waals surface area contributed by atoms with Crippen LogP contribution in [-0.4, -0.2) is 111 Å². The van der Waals surface area contributed by atoms with Gasteiger partial charge in [-0.1, -0.05) is 20.3 Å². The molecule has 3 fully saturated rings. The summed E-state index contributed by atoms with van der Waals surface area (Å²) < 4.78 is 0. The first-order chi connectivity index (χ1) is 13.6. The number of hydrogen-bond acceptors (Lipinski definition) is 4. The van der Waals surface area contributed by atoms with Crippen LogP contribution in [0, 0.1) is 11.8 Å². The Morgan fingerprint density at radius 1 is 0.966 bits per heavy atom. The van der Waals surface area contributed by atoms with Gasteiger partial charge in [0.1, 0.15) is 0 Å². The number of halogens is 1. The van der Waals surface area contributed by atoms with Crippen molar-refractivity contribution in [3.8, 4) is 0 Å². The maximum atomic E-state index is 12.4. The van der Waals surface area contributed by atoms with Crippen molar-refractivity contribution in [2.45, 2.75) is 33.1 Å². The topological polar surface area (TPSA) is 54.4 Å². The molecule has 3 aliphatic rings. The van der Waals surface area contributed by atoms with E-state index in [1.807, 2.05) is 7.05 Å². The van der Waals surface area contributed by atoms with Crippen LogP contribution in [0.3, 0.4) is 0 Å². The Labute approximate surface area is 194 Å². The first-order valence-corrected chi connectivity index (χ1v) is 11.3. The third-order valence-electron chi connectivity index (χ3n) is 6.36. The molecule has 1 saturated carbocycles. The van der Waals surface area contributed by atoms with Gasteiger partial charge >= 0.3 is 0 Å². The number of rotatable bonds is 6. The fraction of sp³-hybridized carbons (Fsp3) is 0.905. The predicted octanol–water partition coefficient (Wildman–Crippen LogP) is 1.40. The molecule has 1 aliphatic carbocycles. The first kappa shape index (κ1) is 24.7. The lowest BCUT2D eigenvalue weighted by Gasteiger charge is -2.39. The lowest BCUT2D eigenvalue weighted by atomic mass is 9.84. The van der Waals surface area contributed by atoms with Crippen molar-refractivity contribution in [1.82, 2.24) is 24.9 Å². The van der Waals surface area contributed by atoms with Crippen molar-refractivity contribution >= 4 is 35.8 Å². The molecule has 1 N–H and O–H groups in total. The number of carbonyl (C=O) groups excluding carboxylic acids is 1. The summed E-state index contributed by atoms with van der Waals surface area (Å²) in [6, 6.07) is 0. The molecule has 2 heterocycles. The van der Waals surface area contributed by atoms with Gasteiger partial charge in [-0.2, -0.15) is 0 Å². The second-order valence-corrected chi connectivity index (χ2v) is 8.95. The van der Waals surface area contributed by atoms with Crippen molar-refractivity contribution in [3.05, 3.63) is 0 Å². The molecule has 168 valence electrons. The van der Waals surface area contributed by atoms with Gasteiger partial charge in [-0.05, 0) is 18.8 Å². The molecule has 8 heteroatoms. The van der Waals surface area contributed by atoms with Crippen LogP contribution in [-0.2, 0) is 4.79 Å². The van der Waals surface area contributed by atoms with Crippen molar-refractivity contribution in [3.63, 3.8) is 0 Å². The molecule has 29 heavy (non-hydrogen) atoms. The number of piperazine rings is 2. The molecule has 1 amide bonds. The zero-order valence-corrected chi connectivity index (χ0v) is 20.9. The summed E-state index contributed by atoms with van der Waals surface area (Å²) in [6.07, 6.45) is 3.44. The smallest absolute Gasteiger partial charge is 0.225 e. The molecular formula is C21H41IN6O. The van der Waals surface area contributed by atoms with Crippen molar-refractivity contribution in [2.24, 2.45) is 16.8 Å². The van der Waals surface area contributed by atoms with Gasteiger partial charge in [0.15, 0.2) is 5.96 Å². The fourth-order valence-corrected chi connectivity index (χ4v) is 4.42. The highest BCUT2D eigenvalue weighted by Crippen LogP contribution is 2.28.